The molecule has 4 heteroatoms. The zero-order valence-electron chi connectivity index (χ0n) is 8.45. The molecule has 0 saturated heterocycles. The zero-order valence-corrected chi connectivity index (χ0v) is 8.45. The van der Waals surface area contributed by atoms with Crippen LogP contribution in [0.4, 0.5) is 0 Å². The molecule has 0 aromatic rings. The number of hydrogen-bond acceptors (Lipinski definition) is 3. The second kappa shape index (κ2) is 9.92. The Hall–Kier alpha value is -0.160. The smallest absolute Gasteiger partial charge is 0.303 e. The molecule has 0 bridgehead atoms. The lowest BCUT2D eigenvalue weighted by atomic mass is 10.2. The van der Waals surface area contributed by atoms with Gasteiger partial charge >= 0.3 is 6.48 Å². The van der Waals surface area contributed by atoms with Gasteiger partial charge in [-0.25, -0.2) is 0 Å². The summed E-state index contributed by atoms with van der Waals surface area (Å²) in [5, 5.41) is 10.8. The van der Waals surface area contributed by atoms with Crippen LogP contribution in [0.2, 0.25) is 0 Å². The van der Waals surface area contributed by atoms with Crippen LogP contribution in [-0.4, -0.2) is 27.0 Å². The van der Waals surface area contributed by atoms with Gasteiger partial charge in [-0.3, -0.25) is 0 Å². The molecule has 0 N–H and O–H groups in total. The maximum atomic E-state index is 10.8. The summed E-state index contributed by atoms with van der Waals surface area (Å²) >= 11 is 0. The first-order valence-corrected chi connectivity index (χ1v) is 4.69. The normalized spacial score (nSPS) is 13.2. The van der Waals surface area contributed by atoms with Gasteiger partial charge in [0.05, 0.1) is 6.61 Å². The van der Waals surface area contributed by atoms with E-state index in [1.165, 1.54) is 20.0 Å². The minimum atomic E-state index is -1.40. The topological polar surface area (TPSA) is 47.6 Å². The molecule has 0 fully saturated rings. The predicted molar refractivity (Wildman–Crippen MR) is 47.5 cm³/mol. The van der Waals surface area contributed by atoms with E-state index in [9.17, 15) is 5.11 Å². The number of rotatable bonds is 9. The van der Waals surface area contributed by atoms with Gasteiger partial charge in [0, 0.05) is 7.11 Å². The largest absolute Gasteiger partial charge is 0.358 e. The molecule has 0 aromatic carbocycles. The Balaban J connectivity index is 3.03. The van der Waals surface area contributed by atoms with Crippen molar-refractivity contribution in [1.29, 1.82) is 0 Å². The number of methoxy groups -OCH3 is 1. The Bertz CT molecular complexity index is 97.6. The standard InChI is InChI=1S/C9H19O4/c1-3-4-5-6-7-12-9(10)13-8-11-2/h9H,3-8H2,1-2H3. The summed E-state index contributed by atoms with van der Waals surface area (Å²) in [7, 11) is 1.47. The van der Waals surface area contributed by atoms with Crippen molar-refractivity contribution in [3.05, 3.63) is 0 Å². The molecule has 0 amide bonds. The zero-order chi connectivity index (χ0) is 9.94. The average molecular weight is 191 g/mol. The van der Waals surface area contributed by atoms with Crippen molar-refractivity contribution in [3.63, 3.8) is 0 Å². The molecule has 13 heavy (non-hydrogen) atoms. The van der Waals surface area contributed by atoms with Crippen LogP contribution >= 0.6 is 0 Å². The number of hydrogen-bond donors (Lipinski definition) is 0. The molecule has 0 saturated carbocycles. The summed E-state index contributed by atoms with van der Waals surface area (Å²) in [6.45, 7) is 1.20. The van der Waals surface area contributed by atoms with E-state index >= 15 is 0 Å². The Labute approximate surface area is 79.8 Å². The van der Waals surface area contributed by atoms with Crippen molar-refractivity contribution < 1.29 is 19.3 Å². The molecule has 0 spiro atoms. The molecule has 0 aliphatic heterocycles. The summed E-state index contributed by atoms with van der Waals surface area (Å²) in [5.74, 6) is 0. The van der Waals surface area contributed by atoms with Crippen LogP contribution in [-0.2, 0) is 19.3 Å². The van der Waals surface area contributed by atoms with Gasteiger partial charge in [-0.15, -0.1) is 0 Å². The van der Waals surface area contributed by atoms with Crippen molar-refractivity contribution in [1.82, 2.24) is 0 Å². The van der Waals surface area contributed by atoms with E-state index in [0.29, 0.717) is 6.61 Å². The molecule has 0 heterocycles. The van der Waals surface area contributed by atoms with Crippen molar-refractivity contribution in [2.45, 2.75) is 39.1 Å². The molecule has 0 aromatic heterocycles. The highest BCUT2D eigenvalue weighted by Crippen LogP contribution is 2.00. The number of ether oxygens (including phenoxy) is 3. The molecule has 1 atom stereocenters. The van der Waals surface area contributed by atoms with Crippen molar-refractivity contribution in [3.8, 4) is 0 Å². The maximum Gasteiger partial charge on any atom is 0.303 e. The fourth-order valence-corrected chi connectivity index (χ4v) is 0.880. The van der Waals surface area contributed by atoms with Crippen LogP contribution in [0.5, 0.6) is 0 Å². The second-order valence-electron chi connectivity index (χ2n) is 2.79. The molecule has 0 aliphatic carbocycles. The molecule has 79 valence electrons. The molecular weight excluding hydrogens is 172 g/mol. The lowest BCUT2D eigenvalue weighted by Crippen LogP contribution is -2.16. The second-order valence-corrected chi connectivity index (χ2v) is 2.79. The summed E-state index contributed by atoms with van der Waals surface area (Å²) in [6.07, 6.45) is 4.39. The van der Waals surface area contributed by atoms with Gasteiger partial charge in [-0.1, -0.05) is 26.2 Å². The third-order valence-corrected chi connectivity index (χ3v) is 1.57. The summed E-state index contributed by atoms with van der Waals surface area (Å²) in [4.78, 5) is 0. The molecule has 4 nitrogen and oxygen atoms in total. The van der Waals surface area contributed by atoms with Gasteiger partial charge in [-0.2, -0.15) is 5.11 Å². The van der Waals surface area contributed by atoms with Gasteiger partial charge in [0.25, 0.3) is 0 Å². The molecule has 0 rings (SSSR count). The lowest BCUT2D eigenvalue weighted by molar-refractivity contribution is -0.314. The van der Waals surface area contributed by atoms with E-state index in [4.69, 9.17) is 4.74 Å². The molecular formula is C9H19O4. The SMILES string of the molecule is CCCCCCOC([O])OCOC. The average Bonchev–Trinajstić information content (AvgIpc) is 2.14. The van der Waals surface area contributed by atoms with Crippen LogP contribution in [0.3, 0.4) is 0 Å². The quantitative estimate of drug-likeness (QED) is 0.413. The summed E-state index contributed by atoms with van der Waals surface area (Å²) < 4.78 is 14.0. The first-order valence-electron chi connectivity index (χ1n) is 4.69. The maximum absolute atomic E-state index is 10.8. The molecule has 1 radical (unpaired) electrons. The van der Waals surface area contributed by atoms with E-state index in [-0.39, 0.29) is 6.79 Å². The Morgan fingerprint density at radius 3 is 2.54 bits per heavy atom. The fourth-order valence-electron chi connectivity index (χ4n) is 0.880. The fraction of sp³-hybridized carbons (Fsp3) is 1.00. The Kier molecular flexibility index (Phi) is 9.80. The van der Waals surface area contributed by atoms with Crippen LogP contribution < -0.4 is 0 Å². The first kappa shape index (κ1) is 12.8. The predicted octanol–water partition coefficient (Wildman–Crippen LogP) is 1.92. The highest BCUT2D eigenvalue weighted by Gasteiger charge is 2.04. The van der Waals surface area contributed by atoms with Gasteiger partial charge in [0.1, 0.15) is 0 Å². The first-order chi connectivity index (χ1) is 6.31. The Morgan fingerprint density at radius 2 is 1.92 bits per heavy atom. The van der Waals surface area contributed by atoms with Crippen LogP contribution in [0.1, 0.15) is 32.6 Å². The Morgan fingerprint density at radius 1 is 1.15 bits per heavy atom. The van der Waals surface area contributed by atoms with E-state index in [1.54, 1.807) is 0 Å². The van der Waals surface area contributed by atoms with Gasteiger partial charge in [-0.05, 0) is 6.42 Å². The van der Waals surface area contributed by atoms with Crippen LogP contribution in [0, 0.1) is 0 Å². The van der Waals surface area contributed by atoms with Crippen LogP contribution in [0.15, 0.2) is 0 Å². The van der Waals surface area contributed by atoms with E-state index < -0.39 is 6.48 Å². The van der Waals surface area contributed by atoms with Crippen molar-refractivity contribution in [2.75, 3.05) is 20.5 Å². The third kappa shape index (κ3) is 9.76. The highest BCUT2D eigenvalue weighted by molar-refractivity contribution is 4.38. The highest BCUT2D eigenvalue weighted by atomic mass is 16.8. The summed E-state index contributed by atoms with van der Waals surface area (Å²) in [5.41, 5.74) is 0. The minimum Gasteiger partial charge on any atom is -0.358 e. The van der Waals surface area contributed by atoms with Crippen molar-refractivity contribution >= 4 is 0 Å². The molecule has 0 aliphatic rings. The number of unbranched alkanes of at least 4 members (excludes halogenated alkanes) is 3. The van der Waals surface area contributed by atoms with Crippen LogP contribution in [0.25, 0.3) is 0 Å². The van der Waals surface area contributed by atoms with E-state index in [0.717, 1.165) is 12.8 Å². The lowest BCUT2D eigenvalue weighted by Gasteiger charge is -2.09. The van der Waals surface area contributed by atoms with Gasteiger partial charge < -0.3 is 14.2 Å². The minimum absolute atomic E-state index is 0.0108. The summed E-state index contributed by atoms with van der Waals surface area (Å²) in [6, 6.07) is 0. The van der Waals surface area contributed by atoms with Gasteiger partial charge in [0.15, 0.2) is 6.79 Å². The van der Waals surface area contributed by atoms with E-state index in [1.807, 2.05) is 0 Å². The van der Waals surface area contributed by atoms with E-state index in [2.05, 4.69) is 16.4 Å². The third-order valence-electron chi connectivity index (χ3n) is 1.57. The van der Waals surface area contributed by atoms with Gasteiger partial charge in [0.2, 0.25) is 0 Å². The molecule has 1 unspecified atom stereocenters. The monoisotopic (exact) mass is 191 g/mol. The van der Waals surface area contributed by atoms with Crippen molar-refractivity contribution in [2.24, 2.45) is 0 Å².